The zero-order chi connectivity index (χ0) is 14.4. The second-order valence-corrected chi connectivity index (χ2v) is 5.50. The van der Waals surface area contributed by atoms with Crippen molar-refractivity contribution < 1.29 is 0 Å². The van der Waals surface area contributed by atoms with Gasteiger partial charge in [-0.15, -0.1) is 0 Å². The van der Waals surface area contributed by atoms with Crippen molar-refractivity contribution in [1.82, 2.24) is 10.3 Å². The van der Waals surface area contributed by atoms with Crippen LogP contribution in [0.5, 0.6) is 0 Å². The first-order valence-electron chi connectivity index (χ1n) is 6.72. The predicted octanol–water partition coefficient (Wildman–Crippen LogP) is 3.31. The summed E-state index contributed by atoms with van der Waals surface area (Å²) in [4.78, 5) is 4.07. The van der Waals surface area contributed by atoms with Gasteiger partial charge in [-0.3, -0.25) is 4.98 Å². The number of aromatic nitrogens is 1. The number of nitriles is 1. The van der Waals surface area contributed by atoms with E-state index in [1.807, 2.05) is 44.2 Å². The van der Waals surface area contributed by atoms with Crippen molar-refractivity contribution >= 4 is 0 Å². The summed E-state index contributed by atoms with van der Waals surface area (Å²) in [5.41, 5.74) is 1.95. The van der Waals surface area contributed by atoms with E-state index in [1.165, 1.54) is 5.56 Å². The number of benzene rings is 1. The molecule has 0 fully saturated rings. The van der Waals surface area contributed by atoms with Gasteiger partial charge in [0, 0.05) is 18.9 Å². The van der Waals surface area contributed by atoms with Gasteiger partial charge in [-0.2, -0.15) is 5.26 Å². The third kappa shape index (κ3) is 3.66. The van der Waals surface area contributed by atoms with Gasteiger partial charge >= 0.3 is 0 Å². The maximum atomic E-state index is 9.15. The van der Waals surface area contributed by atoms with E-state index in [1.54, 1.807) is 12.4 Å². The first-order chi connectivity index (χ1) is 9.62. The van der Waals surface area contributed by atoms with Gasteiger partial charge in [-0.25, -0.2) is 0 Å². The molecule has 0 amide bonds. The van der Waals surface area contributed by atoms with Crippen molar-refractivity contribution in [2.75, 3.05) is 6.54 Å². The van der Waals surface area contributed by atoms with Gasteiger partial charge in [0.15, 0.2) is 0 Å². The fourth-order valence-corrected chi connectivity index (χ4v) is 2.03. The lowest BCUT2D eigenvalue weighted by molar-refractivity contribution is 0.424. The van der Waals surface area contributed by atoms with Crippen LogP contribution in [0.2, 0.25) is 0 Å². The summed E-state index contributed by atoms with van der Waals surface area (Å²) < 4.78 is 0. The molecule has 1 aromatic carbocycles. The molecule has 0 saturated heterocycles. The molecule has 0 aliphatic carbocycles. The summed E-state index contributed by atoms with van der Waals surface area (Å²) in [5.74, 6) is 0. The smallest absolute Gasteiger partial charge is 0.0697 e. The van der Waals surface area contributed by atoms with Crippen LogP contribution in [0.3, 0.4) is 0 Å². The zero-order valence-electron chi connectivity index (χ0n) is 11.9. The topological polar surface area (TPSA) is 48.7 Å². The summed E-state index contributed by atoms with van der Waals surface area (Å²) in [6.45, 7) is 4.51. The molecule has 1 atom stereocenters. The van der Waals surface area contributed by atoms with Crippen molar-refractivity contribution in [2.24, 2.45) is 5.41 Å². The predicted molar refractivity (Wildman–Crippen MR) is 79.9 cm³/mol. The van der Waals surface area contributed by atoms with Crippen LogP contribution in [0.4, 0.5) is 0 Å². The highest BCUT2D eigenvalue weighted by molar-refractivity contribution is 5.30. The van der Waals surface area contributed by atoms with Crippen molar-refractivity contribution in [1.29, 1.82) is 5.26 Å². The highest BCUT2D eigenvalue weighted by atomic mass is 14.9. The molecule has 0 saturated carbocycles. The molecule has 1 N–H and O–H groups in total. The van der Waals surface area contributed by atoms with E-state index in [-0.39, 0.29) is 11.5 Å². The van der Waals surface area contributed by atoms with E-state index in [0.717, 1.165) is 5.56 Å². The van der Waals surface area contributed by atoms with Crippen LogP contribution in [0, 0.1) is 16.7 Å². The van der Waals surface area contributed by atoms with Gasteiger partial charge in [-0.05, 0) is 37.1 Å². The molecule has 3 heteroatoms. The SMILES string of the molecule is CC(C)(C#N)CNC(c1ccccc1)c1ccncc1. The maximum Gasteiger partial charge on any atom is 0.0697 e. The number of hydrogen-bond donors (Lipinski definition) is 1. The Bertz CT molecular complexity index is 531. The normalized spacial score (nSPS) is 12.7. The second-order valence-electron chi connectivity index (χ2n) is 5.50. The fourth-order valence-electron chi connectivity index (χ4n) is 2.03. The van der Waals surface area contributed by atoms with Crippen molar-refractivity contribution in [3.63, 3.8) is 0 Å². The zero-order valence-corrected chi connectivity index (χ0v) is 11.9. The quantitative estimate of drug-likeness (QED) is 0.902. The van der Waals surface area contributed by atoms with Crippen LogP contribution >= 0.6 is 0 Å². The summed E-state index contributed by atoms with van der Waals surface area (Å²) in [7, 11) is 0. The minimum absolute atomic E-state index is 0.0758. The molecule has 2 aromatic rings. The first-order valence-corrected chi connectivity index (χ1v) is 6.72. The average Bonchev–Trinajstić information content (AvgIpc) is 2.49. The van der Waals surface area contributed by atoms with E-state index in [4.69, 9.17) is 5.26 Å². The monoisotopic (exact) mass is 265 g/mol. The molecule has 1 aromatic heterocycles. The Morgan fingerprint density at radius 2 is 1.70 bits per heavy atom. The number of hydrogen-bond acceptors (Lipinski definition) is 3. The molecule has 0 aliphatic heterocycles. The Labute approximate surface area is 120 Å². The number of pyridine rings is 1. The Kier molecular flexibility index (Phi) is 4.49. The minimum atomic E-state index is -0.389. The molecule has 0 aliphatic rings. The molecule has 1 heterocycles. The summed E-state index contributed by atoms with van der Waals surface area (Å²) in [6, 6.07) is 16.7. The molecule has 0 spiro atoms. The van der Waals surface area contributed by atoms with Gasteiger partial charge in [-0.1, -0.05) is 30.3 Å². The third-order valence-electron chi connectivity index (χ3n) is 3.22. The summed E-state index contributed by atoms with van der Waals surface area (Å²) >= 11 is 0. The average molecular weight is 265 g/mol. The molecule has 3 nitrogen and oxygen atoms in total. The van der Waals surface area contributed by atoms with Crippen molar-refractivity contribution in [3.8, 4) is 6.07 Å². The molecule has 2 rings (SSSR count). The van der Waals surface area contributed by atoms with E-state index < -0.39 is 0 Å². The van der Waals surface area contributed by atoms with Gasteiger partial charge in [0.05, 0.1) is 17.5 Å². The van der Waals surface area contributed by atoms with Gasteiger partial charge in [0.1, 0.15) is 0 Å². The van der Waals surface area contributed by atoms with Crippen molar-refractivity contribution in [3.05, 3.63) is 66.0 Å². The number of rotatable bonds is 5. The van der Waals surface area contributed by atoms with Gasteiger partial charge in [0.2, 0.25) is 0 Å². The summed E-state index contributed by atoms with van der Waals surface area (Å²) in [5, 5.41) is 12.6. The van der Waals surface area contributed by atoms with Gasteiger partial charge in [0.25, 0.3) is 0 Å². The Morgan fingerprint density at radius 3 is 2.30 bits per heavy atom. The van der Waals surface area contributed by atoms with Crippen LogP contribution in [-0.2, 0) is 0 Å². The number of nitrogens with one attached hydrogen (secondary N) is 1. The van der Waals surface area contributed by atoms with E-state index in [9.17, 15) is 0 Å². The van der Waals surface area contributed by atoms with E-state index in [2.05, 4.69) is 28.5 Å². The largest absolute Gasteiger partial charge is 0.305 e. The van der Waals surface area contributed by atoms with Crippen LogP contribution in [-0.4, -0.2) is 11.5 Å². The Hall–Kier alpha value is -2.18. The Balaban J connectivity index is 2.25. The fraction of sp³-hybridized carbons (Fsp3) is 0.294. The lowest BCUT2D eigenvalue weighted by Gasteiger charge is -2.24. The molecular weight excluding hydrogens is 246 g/mol. The van der Waals surface area contributed by atoms with E-state index >= 15 is 0 Å². The molecule has 102 valence electrons. The minimum Gasteiger partial charge on any atom is -0.305 e. The van der Waals surface area contributed by atoms with Crippen LogP contribution < -0.4 is 5.32 Å². The highest BCUT2D eigenvalue weighted by Crippen LogP contribution is 2.23. The Morgan fingerprint density at radius 1 is 1.10 bits per heavy atom. The molecular formula is C17H19N3. The second kappa shape index (κ2) is 6.31. The van der Waals surface area contributed by atoms with Crippen LogP contribution in [0.1, 0.15) is 31.0 Å². The highest BCUT2D eigenvalue weighted by Gasteiger charge is 2.20. The lowest BCUT2D eigenvalue weighted by Crippen LogP contribution is -2.32. The van der Waals surface area contributed by atoms with Gasteiger partial charge < -0.3 is 5.32 Å². The number of nitrogens with zero attached hydrogens (tertiary/aromatic N) is 2. The molecule has 0 bridgehead atoms. The molecule has 20 heavy (non-hydrogen) atoms. The molecule has 1 unspecified atom stereocenters. The van der Waals surface area contributed by atoms with Crippen molar-refractivity contribution in [2.45, 2.75) is 19.9 Å². The summed E-state index contributed by atoms with van der Waals surface area (Å²) in [6.07, 6.45) is 3.59. The lowest BCUT2D eigenvalue weighted by atomic mass is 9.93. The van der Waals surface area contributed by atoms with Crippen LogP contribution in [0.25, 0.3) is 0 Å². The maximum absolute atomic E-state index is 9.15. The van der Waals surface area contributed by atoms with Crippen LogP contribution in [0.15, 0.2) is 54.9 Å². The first kappa shape index (κ1) is 14.2. The third-order valence-corrected chi connectivity index (χ3v) is 3.22. The van der Waals surface area contributed by atoms with E-state index in [0.29, 0.717) is 6.54 Å². The standard InChI is InChI=1S/C17H19N3/c1-17(2,12-18)13-20-16(14-6-4-3-5-7-14)15-8-10-19-11-9-15/h3-11,16,20H,13H2,1-2H3. The molecule has 0 radical (unpaired) electrons.